The van der Waals surface area contributed by atoms with Gasteiger partial charge in [-0.15, -0.1) is 0 Å². The van der Waals surface area contributed by atoms with E-state index in [2.05, 4.69) is 21.4 Å². The van der Waals surface area contributed by atoms with Crippen LogP contribution in [0.25, 0.3) is 0 Å². The highest BCUT2D eigenvalue weighted by molar-refractivity contribution is 7.99. The Morgan fingerprint density at radius 3 is 2.94 bits per heavy atom. The highest BCUT2D eigenvalue weighted by Gasteiger charge is 2.29. The molecule has 17 heavy (non-hydrogen) atoms. The number of rotatable bonds is 5. The second-order valence-corrected chi connectivity index (χ2v) is 5.16. The number of aromatic amines is 1. The van der Waals surface area contributed by atoms with E-state index in [0.717, 1.165) is 0 Å². The number of nitrogens with zero attached hydrogens (tertiary/aromatic N) is 2. The quantitative estimate of drug-likeness (QED) is 0.779. The third kappa shape index (κ3) is 3.79. The molecule has 0 saturated heterocycles. The number of H-pyrrole nitrogens is 1. The SMILES string of the molecule is CC(C)C(C)(C#N)NC(=O)CSc1ncc[nH]1. The molecule has 6 heteroatoms. The van der Waals surface area contributed by atoms with Gasteiger partial charge in [0.2, 0.25) is 5.91 Å². The van der Waals surface area contributed by atoms with E-state index in [1.807, 2.05) is 13.8 Å². The first-order valence-corrected chi connectivity index (χ1v) is 6.31. The van der Waals surface area contributed by atoms with Gasteiger partial charge in [-0.3, -0.25) is 4.79 Å². The topological polar surface area (TPSA) is 81.6 Å². The van der Waals surface area contributed by atoms with Crippen LogP contribution in [0, 0.1) is 17.2 Å². The van der Waals surface area contributed by atoms with Crippen molar-refractivity contribution in [3.05, 3.63) is 12.4 Å². The molecule has 5 nitrogen and oxygen atoms in total. The molecule has 0 aliphatic carbocycles. The lowest BCUT2D eigenvalue weighted by atomic mass is 9.90. The fourth-order valence-corrected chi connectivity index (χ4v) is 1.72. The molecule has 2 N–H and O–H groups in total. The number of hydrogen-bond acceptors (Lipinski definition) is 4. The van der Waals surface area contributed by atoms with Gasteiger partial charge in [0.05, 0.1) is 11.8 Å². The molecule has 0 fully saturated rings. The number of amides is 1. The van der Waals surface area contributed by atoms with Crippen molar-refractivity contribution in [2.45, 2.75) is 31.5 Å². The van der Waals surface area contributed by atoms with Crippen molar-refractivity contribution < 1.29 is 4.79 Å². The normalized spacial score (nSPS) is 14.1. The van der Waals surface area contributed by atoms with Gasteiger partial charge in [0.25, 0.3) is 0 Å². The average molecular weight is 252 g/mol. The van der Waals surface area contributed by atoms with Gasteiger partial charge in [-0.05, 0) is 12.8 Å². The Hall–Kier alpha value is -1.48. The van der Waals surface area contributed by atoms with E-state index in [4.69, 9.17) is 5.26 Å². The van der Waals surface area contributed by atoms with Gasteiger partial charge in [-0.1, -0.05) is 25.6 Å². The van der Waals surface area contributed by atoms with Crippen LogP contribution >= 0.6 is 11.8 Å². The fraction of sp³-hybridized carbons (Fsp3) is 0.545. The van der Waals surface area contributed by atoms with Crippen molar-refractivity contribution in [1.29, 1.82) is 5.26 Å². The summed E-state index contributed by atoms with van der Waals surface area (Å²) in [6.07, 6.45) is 3.33. The Bertz CT molecular complexity index is 410. The lowest BCUT2D eigenvalue weighted by Gasteiger charge is -2.27. The van der Waals surface area contributed by atoms with Crippen molar-refractivity contribution in [2.75, 3.05) is 5.75 Å². The van der Waals surface area contributed by atoms with Gasteiger partial charge in [0.15, 0.2) is 5.16 Å². The maximum Gasteiger partial charge on any atom is 0.231 e. The van der Waals surface area contributed by atoms with E-state index in [1.54, 1.807) is 19.3 Å². The predicted octanol–water partition coefficient (Wildman–Crippen LogP) is 1.56. The Morgan fingerprint density at radius 1 is 1.76 bits per heavy atom. The molecular weight excluding hydrogens is 236 g/mol. The maximum absolute atomic E-state index is 11.7. The average Bonchev–Trinajstić information content (AvgIpc) is 2.78. The van der Waals surface area contributed by atoms with Crippen LogP contribution < -0.4 is 5.32 Å². The number of nitrogens with one attached hydrogen (secondary N) is 2. The van der Waals surface area contributed by atoms with Crippen LogP contribution in [0.1, 0.15) is 20.8 Å². The van der Waals surface area contributed by atoms with E-state index in [9.17, 15) is 4.79 Å². The first kappa shape index (κ1) is 13.6. The van der Waals surface area contributed by atoms with Crippen LogP contribution in [-0.4, -0.2) is 27.2 Å². The number of carbonyl (C=O) groups is 1. The van der Waals surface area contributed by atoms with Gasteiger partial charge in [-0.2, -0.15) is 5.26 Å². The Labute approximate surface area is 105 Å². The van der Waals surface area contributed by atoms with Crippen molar-refractivity contribution in [3.63, 3.8) is 0 Å². The van der Waals surface area contributed by atoms with E-state index in [0.29, 0.717) is 5.16 Å². The summed E-state index contributed by atoms with van der Waals surface area (Å²) in [4.78, 5) is 18.6. The summed E-state index contributed by atoms with van der Waals surface area (Å²) in [6, 6.07) is 2.14. The summed E-state index contributed by atoms with van der Waals surface area (Å²) in [6.45, 7) is 5.54. The van der Waals surface area contributed by atoms with Crippen LogP contribution in [0.5, 0.6) is 0 Å². The number of hydrogen-bond donors (Lipinski definition) is 2. The van der Waals surface area contributed by atoms with E-state index in [1.165, 1.54) is 11.8 Å². The van der Waals surface area contributed by atoms with Crippen molar-refractivity contribution >= 4 is 17.7 Å². The Balaban J connectivity index is 2.47. The maximum atomic E-state index is 11.7. The highest BCUT2D eigenvalue weighted by atomic mass is 32.2. The summed E-state index contributed by atoms with van der Waals surface area (Å²) in [7, 11) is 0. The number of imidazole rings is 1. The highest BCUT2D eigenvalue weighted by Crippen LogP contribution is 2.16. The second kappa shape index (κ2) is 5.73. The van der Waals surface area contributed by atoms with Gasteiger partial charge in [0.1, 0.15) is 5.54 Å². The monoisotopic (exact) mass is 252 g/mol. The van der Waals surface area contributed by atoms with Crippen LogP contribution in [0.2, 0.25) is 0 Å². The molecule has 0 aromatic carbocycles. The standard InChI is InChI=1S/C11H16N4OS/c1-8(2)11(3,7-12)15-9(16)6-17-10-13-4-5-14-10/h4-5,8H,6H2,1-3H3,(H,13,14)(H,15,16). The Morgan fingerprint density at radius 2 is 2.47 bits per heavy atom. The molecule has 92 valence electrons. The van der Waals surface area contributed by atoms with Crippen molar-refractivity contribution in [3.8, 4) is 6.07 Å². The fourth-order valence-electron chi connectivity index (χ4n) is 1.09. The lowest BCUT2D eigenvalue weighted by molar-refractivity contribution is -0.120. The zero-order chi connectivity index (χ0) is 12.9. The minimum absolute atomic E-state index is 0.0602. The summed E-state index contributed by atoms with van der Waals surface area (Å²) in [5, 5.41) is 12.5. The van der Waals surface area contributed by atoms with Crippen molar-refractivity contribution in [2.24, 2.45) is 5.92 Å². The third-order valence-electron chi connectivity index (χ3n) is 2.60. The number of aromatic nitrogens is 2. The van der Waals surface area contributed by atoms with E-state index < -0.39 is 5.54 Å². The zero-order valence-corrected chi connectivity index (χ0v) is 11.0. The van der Waals surface area contributed by atoms with Gasteiger partial charge < -0.3 is 10.3 Å². The lowest BCUT2D eigenvalue weighted by Crippen LogP contribution is -2.49. The van der Waals surface area contributed by atoms with Gasteiger partial charge in [-0.25, -0.2) is 4.98 Å². The molecule has 1 heterocycles. The number of nitriles is 1. The molecule has 1 atom stereocenters. The second-order valence-electron chi connectivity index (χ2n) is 4.20. The smallest absolute Gasteiger partial charge is 0.231 e. The van der Waals surface area contributed by atoms with Gasteiger partial charge in [0, 0.05) is 12.4 Å². The first-order chi connectivity index (χ1) is 7.98. The molecule has 1 rings (SSSR count). The summed E-state index contributed by atoms with van der Waals surface area (Å²) < 4.78 is 0. The van der Waals surface area contributed by atoms with E-state index >= 15 is 0 Å². The minimum atomic E-state index is -0.819. The molecule has 0 spiro atoms. The molecule has 0 saturated carbocycles. The molecule has 0 radical (unpaired) electrons. The largest absolute Gasteiger partial charge is 0.340 e. The van der Waals surface area contributed by atoms with Crippen LogP contribution in [0.15, 0.2) is 17.6 Å². The summed E-state index contributed by atoms with van der Waals surface area (Å²) in [5.74, 6) is 0.145. The molecule has 1 unspecified atom stereocenters. The van der Waals surface area contributed by atoms with Crippen molar-refractivity contribution in [1.82, 2.24) is 15.3 Å². The number of carbonyl (C=O) groups excluding carboxylic acids is 1. The molecular formula is C11H16N4OS. The first-order valence-electron chi connectivity index (χ1n) is 5.32. The van der Waals surface area contributed by atoms with Crippen LogP contribution in [-0.2, 0) is 4.79 Å². The molecule has 0 aliphatic heterocycles. The third-order valence-corrected chi connectivity index (χ3v) is 3.50. The van der Waals surface area contributed by atoms with Crippen LogP contribution in [0.3, 0.4) is 0 Å². The molecule has 1 aromatic heterocycles. The number of thioether (sulfide) groups is 1. The molecule has 0 bridgehead atoms. The molecule has 0 aliphatic rings. The van der Waals surface area contributed by atoms with Gasteiger partial charge >= 0.3 is 0 Å². The molecule has 1 amide bonds. The predicted molar refractivity (Wildman–Crippen MR) is 66.3 cm³/mol. The summed E-state index contributed by atoms with van der Waals surface area (Å²) >= 11 is 1.31. The van der Waals surface area contributed by atoms with Crippen LogP contribution in [0.4, 0.5) is 0 Å². The molecule has 1 aromatic rings. The van der Waals surface area contributed by atoms with E-state index in [-0.39, 0.29) is 17.6 Å². The zero-order valence-electron chi connectivity index (χ0n) is 10.2. The summed E-state index contributed by atoms with van der Waals surface area (Å²) in [5.41, 5.74) is -0.819. The Kier molecular flexibility index (Phi) is 4.58. The minimum Gasteiger partial charge on any atom is -0.340 e.